The van der Waals surface area contributed by atoms with Gasteiger partial charge in [0.1, 0.15) is 5.75 Å². The molecule has 3 rings (SSSR count). The van der Waals surface area contributed by atoms with Crippen molar-refractivity contribution in [2.45, 2.75) is 0 Å². The lowest BCUT2D eigenvalue weighted by atomic mass is 10.2. The van der Waals surface area contributed by atoms with Crippen molar-refractivity contribution in [3.8, 4) is 17.2 Å². The minimum Gasteiger partial charge on any atom is -0.493 e. The fraction of sp³-hybridized carbons (Fsp3) is 0.0870. The van der Waals surface area contributed by atoms with Crippen LogP contribution in [0.3, 0.4) is 0 Å². The maximum atomic E-state index is 12.4. The van der Waals surface area contributed by atoms with Gasteiger partial charge in [0.15, 0.2) is 11.5 Å². The van der Waals surface area contributed by atoms with Crippen LogP contribution in [0.1, 0.15) is 26.3 Å². The molecule has 0 fully saturated rings. The molecule has 0 aliphatic rings. The zero-order valence-corrected chi connectivity index (χ0v) is 18.4. The van der Waals surface area contributed by atoms with E-state index in [0.29, 0.717) is 28.4 Å². The van der Waals surface area contributed by atoms with Gasteiger partial charge in [-0.2, -0.15) is 5.10 Å². The van der Waals surface area contributed by atoms with E-state index in [4.69, 9.17) is 14.2 Å². The van der Waals surface area contributed by atoms with Crippen molar-refractivity contribution in [3.05, 3.63) is 87.9 Å². The first-order valence-corrected chi connectivity index (χ1v) is 9.92. The number of amides is 1. The number of halogens is 1. The summed E-state index contributed by atoms with van der Waals surface area (Å²) in [7, 11) is 3.02. The molecule has 0 bridgehead atoms. The van der Waals surface area contributed by atoms with E-state index in [0.717, 1.165) is 10.0 Å². The fourth-order valence-corrected chi connectivity index (χ4v) is 2.85. The highest BCUT2D eigenvalue weighted by molar-refractivity contribution is 9.10. The predicted octanol–water partition coefficient (Wildman–Crippen LogP) is 4.45. The number of carbonyl (C=O) groups excluding carboxylic acids is 2. The molecule has 8 heteroatoms. The molecular formula is C23H19BrN2O5. The Morgan fingerprint density at radius 2 is 1.52 bits per heavy atom. The van der Waals surface area contributed by atoms with Crippen molar-refractivity contribution < 1.29 is 23.8 Å². The molecule has 0 spiro atoms. The third-order valence-corrected chi connectivity index (χ3v) is 4.72. The molecular weight excluding hydrogens is 464 g/mol. The number of rotatable bonds is 7. The highest BCUT2D eigenvalue weighted by Crippen LogP contribution is 2.28. The molecule has 0 saturated carbocycles. The quantitative estimate of drug-likeness (QED) is 0.232. The van der Waals surface area contributed by atoms with Crippen LogP contribution in [-0.4, -0.2) is 32.3 Å². The minimum absolute atomic E-state index is 0.316. The van der Waals surface area contributed by atoms with Crippen LogP contribution in [0.25, 0.3) is 0 Å². The molecule has 0 aliphatic carbocycles. The topological polar surface area (TPSA) is 86.2 Å². The second-order valence-electron chi connectivity index (χ2n) is 6.23. The summed E-state index contributed by atoms with van der Waals surface area (Å²) in [4.78, 5) is 24.4. The zero-order chi connectivity index (χ0) is 22.2. The molecule has 0 saturated heterocycles. The summed E-state index contributed by atoms with van der Waals surface area (Å²) in [5.41, 5.74) is 4.02. The van der Waals surface area contributed by atoms with Gasteiger partial charge in [-0.15, -0.1) is 0 Å². The third-order valence-electron chi connectivity index (χ3n) is 4.20. The second kappa shape index (κ2) is 10.4. The van der Waals surface area contributed by atoms with Gasteiger partial charge in [0.25, 0.3) is 5.91 Å². The normalized spacial score (nSPS) is 10.5. The van der Waals surface area contributed by atoms with Crippen LogP contribution in [0.15, 0.2) is 76.3 Å². The lowest BCUT2D eigenvalue weighted by molar-refractivity contribution is 0.0734. The Balaban J connectivity index is 1.58. The van der Waals surface area contributed by atoms with Gasteiger partial charge < -0.3 is 14.2 Å². The number of ether oxygens (including phenoxy) is 3. The molecule has 0 heterocycles. The summed E-state index contributed by atoms with van der Waals surface area (Å²) >= 11 is 3.32. The summed E-state index contributed by atoms with van der Waals surface area (Å²) in [6.07, 6.45) is 1.50. The van der Waals surface area contributed by atoms with Crippen molar-refractivity contribution in [1.29, 1.82) is 0 Å². The average molecular weight is 483 g/mol. The maximum Gasteiger partial charge on any atom is 0.343 e. The highest BCUT2D eigenvalue weighted by atomic mass is 79.9. The van der Waals surface area contributed by atoms with Crippen molar-refractivity contribution in [2.24, 2.45) is 5.10 Å². The van der Waals surface area contributed by atoms with Crippen LogP contribution in [0.4, 0.5) is 0 Å². The van der Waals surface area contributed by atoms with Gasteiger partial charge in [-0.05, 0) is 72.3 Å². The van der Waals surface area contributed by atoms with Crippen LogP contribution in [0, 0.1) is 0 Å². The molecule has 31 heavy (non-hydrogen) atoms. The summed E-state index contributed by atoms with van der Waals surface area (Å²) in [6, 6.07) is 18.4. The number of esters is 1. The minimum atomic E-state index is -0.524. The second-order valence-corrected chi connectivity index (χ2v) is 7.15. The summed E-state index contributed by atoms with van der Waals surface area (Å²) < 4.78 is 16.6. The Bertz CT molecular complexity index is 1100. The van der Waals surface area contributed by atoms with Crippen molar-refractivity contribution in [3.63, 3.8) is 0 Å². The van der Waals surface area contributed by atoms with Crippen LogP contribution in [-0.2, 0) is 0 Å². The van der Waals surface area contributed by atoms with E-state index in [1.807, 2.05) is 0 Å². The van der Waals surface area contributed by atoms with Gasteiger partial charge in [0.05, 0.1) is 26.0 Å². The molecule has 0 aromatic heterocycles. The van der Waals surface area contributed by atoms with Crippen molar-refractivity contribution in [1.82, 2.24) is 5.43 Å². The molecule has 0 radical (unpaired) electrons. The third kappa shape index (κ3) is 5.93. The Kier molecular flexibility index (Phi) is 7.40. The molecule has 0 atom stereocenters. The number of hydrazone groups is 1. The number of benzene rings is 3. The van der Waals surface area contributed by atoms with Crippen LogP contribution in [0.2, 0.25) is 0 Å². The number of nitrogens with one attached hydrogen (secondary N) is 1. The number of methoxy groups -OCH3 is 2. The first-order chi connectivity index (χ1) is 15.0. The van der Waals surface area contributed by atoms with Gasteiger partial charge in [0.2, 0.25) is 0 Å². The Morgan fingerprint density at radius 3 is 2.16 bits per heavy atom. The molecule has 0 unspecified atom stereocenters. The van der Waals surface area contributed by atoms with E-state index in [2.05, 4.69) is 26.5 Å². The van der Waals surface area contributed by atoms with E-state index in [-0.39, 0.29) is 5.91 Å². The van der Waals surface area contributed by atoms with Crippen LogP contribution < -0.4 is 19.6 Å². The van der Waals surface area contributed by atoms with Gasteiger partial charge in [-0.3, -0.25) is 4.79 Å². The molecule has 158 valence electrons. The smallest absolute Gasteiger partial charge is 0.343 e. The van der Waals surface area contributed by atoms with E-state index < -0.39 is 5.97 Å². The monoisotopic (exact) mass is 482 g/mol. The predicted molar refractivity (Wildman–Crippen MR) is 120 cm³/mol. The highest BCUT2D eigenvalue weighted by Gasteiger charge is 2.13. The SMILES string of the molecule is COc1ccc(C(=O)Oc2ccc(/C=N\NC(=O)c3ccc(Br)cc3)cc2)cc1OC. The zero-order valence-electron chi connectivity index (χ0n) is 16.8. The summed E-state index contributed by atoms with van der Waals surface area (Å²) in [6.45, 7) is 0. The first-order valence-electron chi connectivity index (χ1n) is 9.13. The number of carbonyl (C=O) groups is 2. The molecule has 7 nitrogen and oxygen atoms in total. The van der Waals surface area contributed by atoms with Crippen molar-refractivity contribution in [2.75, 3.05) is 14.2 Å². The van der Waals surface area contributed by atoms with E-state index in [1.54, 1.807) is 66.7 Å². The van der Waals surface area contributed by atoms with Gasteiger partial charge in [-0.25, -0.2) is 10.2 Å². The van der Waals surface area contributed by atoms with Gasteiger partial charge in [0, 0.05) is 10.0 Å². The van der Waals surface area contributed by atoms with Crippen LogP contribution in [0.5, 0.6) is 17.2 Å². The maximum absolute atomic E-state index is 12.4. The van der Waals surface area contributed by atoms with Gasteiger partial charge in [-0.1, -0.05) is 15.9 Å². The largest absolute Gasteiger partial charge is 0.493 e. The standard InChI is InChI=1S/C23H19BrN2O5/c1-29-20-12-7-17(13-21(20)30-2)23(28)31-19-10-3-15(4-11-19)14-25-26-22(27)16-5-8-18(24)9-6-16/h3-14H,1-2H3,(H,26,27)/b25-14-. The van der Waals surface area contributed by atoms with E-state index >= 15 is 0 Å². The first kappa shape index (κ1) is 22.0. The van der Waals surface area contributed by atoms with Crippen LogP contribution >= 0.6 is 15.9 Å². The summed E-state index contributed by atoms with van der Waals surface area (Å²) in [5.74, 6) is 0.493. The number of nitrogens with zero attached hydrogens (tertiary/aromatic N) is 1. The van der Waals surface area contributed by atoms with E-state index in [9.17, 15) is 9.59 Å². The lowest BCUT2D eigenvalue weighted by Gasteiger charge is -2.09. The Morgan fingerprint density at radius 1 is 0.871 bits per heavy atom. The fourth-order valence-electron chi connectivity index (χ4n) is 2.58. The Labute approximate surface area is 187 Å². The molecule has 1 amide bonds. The summed E-state index contributed by atoms with van der Waals surface area (Å²) in [5, 5.41) is 3.94. The Hall–Kier alpha value is -3.65. The van der Waals surface area contributed by atoms with Gasteiger partial charge >= 0.3 is 5.97 Å². The number of hydrogen-bond donors (Lipinski definition) is 1. The number of hydrogen-bond acceptors (Lipinski definition) is 6. The molecule has 0 aliphatic heterocycles. The lowest BCUT2D eigenvalue weighted by Crippen LogP contribution is -2.17. The van der Waals surface area contributed by atoms with Crippen molar-refractivity contribution >= 4 is 34.0 Å². The average Bonchev–Trinajstić information content (AvgIpc) is 2.80. The molecule has 1 N–H and O–H groups in total. The molecule has 3 aromatic rings. The van der Waals surface area contributed by atoms with E-state index in [1.165, 1.54) is 20.4 Å². The molecule has 3 aromatic carbocycles.